The summed E-state index contributed by atoms with van der Waals surface area (Å²) >= 11 is 0. The molecule has 1 fully saturated rings. The molecule has 0 radical (unpaired) electrons. The van der Waals surface area contributed by atoms with Crippen molar-refractivity contribution in [1.82, 2.24) is 9.80 Å². The number of hydrogen-bond acceptors (Lipinski definition) is 3. The second kappa shape index (κ2) is 7.49. The predicted molar refractivity (Wildman–Crippen MR) is 95.1 cm³/mol. The van der Waals surface area contributed by atoms with E-state index >= 15 is 0 Å². The predicted octanol–water partition coefficient (Wildman–Crippen LogP) is 2.75. The highest BCUT2D eigenvalue weighted by molar-refractivity contribution is 5.79. The summed E-state index contributed by atoms with van der Waals surface area (Å²) in [5.41, 5.74) is 2.22. The first-order chi connectivity index (χ1) is 11.7. The fourth-order valence-corrected chi connectivity index (χ4v) is 3.20. The normalized spacial score (nSPS) is 18.4. The standard InChI is InChI=1S/C20H24N2O2/c1-21-12-13-22(19(15-21)17-6-4-3-5-7-17)20(23)14-16-8-10-18(24-2)11-9-16/h3-11,19H,12-15H2,1-2H3/t19-/m0/s1. The van der Waals surface area contributed by atoms with E-state index < -0.39 is 0 Å². The zero-order chi connectivity index (χ0) is 16.9. The maximum absolute atomic E-state index is 12.9. The van der Waals surface area contributed by atoms with Crippen molar-refractivity contribution >= 4 is 5.91 Å². The molecule has 0 aliphatic carbocycles. The first kappa shape index (κ1) is 16.5. The second-order valence-electron chi connectivity index (χ2n) is 6.30. The lowest BCUT2D eigenvalue weighted by Crippen LogP contribution is -2.49. The van der Waals surface area contributed by atoms with Crippen LogP contribution in [0.1, 0.15) is 17.2 Å². The molecule has 1 atom stereocenters. The zero-order valence-electron chi connectivity index (χ0n) is 14.3. The van der Waals surface area contributed by atoms with Gasteiger partial charge in [0.15, 0.2) is 0 Å². The SMILES string of the molecule is COc1ccc(CC(=O)N2CCN(C)C[C@H]2c2ccccc2)cc1. The van der Waals surface area contributed by atoms with Gasteiger partial charge in [-0.15, -0.1) is 0 Å². The number of amides is 1. The van der Waals surface area contributed by atoms with Crippen LogP contribution in [0.4, 0.5) is 0 Å². The minimum Gasteiger partial charge on any atom is -0.497 e. The Bertz CT molecular complexity index is 670. The van der Waals surface area contributed by atoms with Crippen LogP contribution in [-0.2, 0) is 11.2 Å². The van der Waals surface area contributed by atoms with Crippen LogP contribution < -0.4 is 4.74 Å². The van der Waals surface area contributed by atoms with Gasteiger partial charge in [-0.25, -0.2) is 0 Å². The molecule has 4 heteroatoms. The number of methoxy groups -OCH3 is 1. The smallest absolute Gasteiger partial charge is 0.227 e. The number of ether oxygens (including phenoxy) is 1. The van der Waals surface area contributed by atoms with Crippen molar-refractivity contribution in [2.24, 2.45) is 0 Å². The number of likely N-dealkylation sites (N-methyl/N-ethyl adjacent to an activating group) is 1. The number of benzene rings is 2. The molecule has 1 aliphatic heterocycles. The van der Waals surface area contributed by atoms with Crippen molar-refractivity contribution in [3.8, 4) is 5.75 Å². The van der Waals surface area contributed by atoms with Crippen LogP contribution in [0, 0.1) is 0 Å². The van der Waals surface area contributed by atoms with Crippen molar-refractivity contribution in [2.45, 2.75) is 12.5 Å². The average Bonchev–Trinajstić information content (AvgIpc) is 2.63. The van der Waals surface area contributed by atoms with E-state index in [9.17, 15) is 4.79 Å². The largest absolute Gasteiger partial charge is 0.497 e. The molecule has 3 rings (SSSR count). The van der Waals surface area contributed by atoms with Crippen molar-refractivity contribution < 1.29 is 9.53 Å². The molecule has 1 amide bonds. The van der Waals surface area contributed by atoms with Gasteiger partial charge in [0, 0.05) is 19.6 Å². The number of rotatable bonds is 4. The maximum Gasteiger partial charge on any atom is 0.227 e. The molecule has 24 heavy (non-hydrogen) atoms. The van der Waals surface area contributed by atoms with Crippen LogP contribution in [-0.4, -0.2) is 49.5 Å². The van der Waals surface area contributed by atoms with E-state index in [2.05, 4.69) is 24.1 Å². The summed E-state index contributed by atoms with van der Waals surface area (Å²) in [7, 11) is 3.76. The third kappa shape index (κ3) is 3.77. The summed E-state index contributed by atoms with van der Waals surface area (Å²) in [5.74, 6) is 0.995. The van der Waals surface area contributed by atoms with E-state index in [1.165, 1.54) is 5.56 Å². The van der Waals surface area contributed by atoms with Crippen LogP contribution >= 0.6 is 0 Å². The van der Waals surface area contributed by atoms with Crippen LogP contribution in [0.2, 0.25) is 0 Å². The Labute approximate surface area is 143 Å². The van der Waals surface area contributed by atoms with Crippen LogP contribution in [0.15, 0.2) is 54.6 Å². The lowest BCUT2D eigenvalue weighted by atomic mass is 10.0. The van der Waals surface area contributed by atoms with Gasteiger partial charge >= 0.3 is 0 Å². The fraction of sp³-hybridized carbons (Fsp3) is 0.350. The van der Waals surface area contributed by atoms with Crippen molar-refractivity contribution in [3.05, 3.63) is 65.7 Å². The molecule has 0 aromatic heterocycles. The van der Waals surface area contributed by atoms with Gasteiger partial charge in [-0.2, -0.15) is 0 Å². The molecular formula is C20H24N2O2. The molecule has 0 unspecified atom stereocenters. The summed E-state index contributed by atoms with van der Waals surface area (Å²) in [6, 6.07) is 18.2. The Morgan fingerprint density at radius 1 is 1.08 bits per heavy atom. The summed E-state index contributed by atoms with van der Waals surface area (Å²) < 4.78 is 5.18. The molecule has 2 aromatic rings. The topological polar surface area (TPSA) is 32.8 Å². The molecule has 126 valence electrons. The number of carbonyl (C=O) groups excluding carboxylic acids is 1. The zero-order valence-corrected chi connectivity index (χ0v) is 14.3. The van der Waals surface area contributed by atoms with Crippen LogP contribution in [0.5, 0.6) is 5.75 Å². The Morgan fingerprint density at radius 3 is 2.46 bits per heavy atom. The highest BCUT2D eigenvalue weighted by atomic mass is 16.5. The van der Waals surface area contributed by atoms with Gasteiger partial charge in [0.2, 0.25) is 5.91 Å². The molecule has 0 bridgehead atoms. The Balaban J connectivity index is 1.75. The van der Waals surface area contributed by atoms with Gasteiger partial charge in [-0.3, -0.25) is 4.79 Å². The Morgan fingerprint density at radius 2 is 1.79 bits per heavy atom. The molecule has 0 spiro atoms. The summed E-state index contributed by atoms with van der Waals surface area (Å²) in [4.78, 5) is 17.2. The van der Waals surface area contributed by atoms with Gasteiger partial charge in [0.1, 0.15) is 5.75 Å². The average molecular weight is 324 g/mol. The van der Waals surface area contributed by atoms with Gasteiger partial charge in [-0.1, -0.05) is 42.5 Å². The fourth-order valence-electron chi connectivity index (χ4n) is 3.20. The lowest BCUT2D eigenvalue weighted by molar-refractivity contribution is -0.135. The molecule has 0 saturated carbocycles. The van der Waals surface area contributed by atoms with E-state index in [0.717, 1.165) is 30.9 Å². The van der Waals surface area contributed by atoms with E-state index in [-0.39, 0.29) is 11.9 Å². The highest BCUT2D eigenvalue weighted by Crippen LogP contribution is 2.25. The van der Waals surface area contributed by atoms with E-state index in [4.69, 9.17) is 4.74 Å². The van der Waals surface area contributed by atoms with Gasteiger partial charge < -0.3 is 14.5 Å². The van der Waals surface area contributed by atoms with Crippen LogP contribution in [0.3, 0.4) is 0 Å². The van der Waals surface area contributed by atoms with E-state index in [1.807, 2.05) is 47.4 Å². The third-order valence-corrected chi connectivity index (χ3v) is 4.60. The summed E-state index contributed by atoms with van der Waals surface area (Å²) in [6.07, 6.45) is 0.428. The number of hydrogen-bond donors (Lipinski definition) is 0. The second-order valence-corrected chi connectivity index (χ2v) is 6.30. The van der Waals surface area contributed by atoms with Crippen molar-refractivity contribution in [1.29, 1.82) is 0 Å². The van der Waals surface area contributed by atoms with Crippen LogP contribution in [0.25, 0.3) is 0 Å². The Kier molecular flexibility index (Phi) is 5.16. The number of carbonyl (C=O) groups is 1. The van der Waals surface area contributed by atoms with Gasteiger partial charge in [-0.05, 0) is 30.3 Å². The first-order valence-corrected chi connectivity index (χ1v) is 8.33. The monoisotopic (exact) mass is 324 g/mol. The highest BCUT2D eigenvalue weighted by Gasteiger charge is 2.29. The first-order valence-electron chi connectivity index (χ1n) is 8.33. The summed E-state index contributed by atoms with van der Waals surface area (Å²) in [6.45, 7) is 2.56. The third-order valence-electron chi connectivity index (χ3n) is 4.60. The number of piperazine rings is 1. The molecule has 0 N–H and O–H groups in total. The van der Waals surface area contributed by atoms with Gasteiger partial charge in [0.25, 0.3) is 0 Å². The number of nitrogens with zero attached hydrogens (tertiary/aromatic N) is 2. The van der Waals surface area contributed by atoms with Crippen molar-refractivity contribution in [2.75, 3.05) is 33.8 Å². The molecule has 1 aliphatic rings. The minimum absolute atomic E-state index is 0.121. The van der Waals surface area contributed by atoms with E-state index in [1.54, 1.807) is 7.11 Å². The van der Waals surface area contributed by atoms with Gasteiger partial charge in [0.05, 0.1) is 19.6 Å². The maximum atomic E-state index is 12.9. The summed E-state index contributed by atoms with van der Waals surface area (Å²) in [5, 5.41) is 0. The molecule has 1 saturated heterocycles. The minimum atomic E-state index is 0.121. The Hall–Kier alpha value is -2.33. The lowest BCUT2D eigenvalue weighted by Gasteiger charge is -2.40. The molecular weight excluding hydrogens is 300 g/mol. The van der Waals surface area contributed by atoms with E-state index in [0.29, 0.717) is 6.42 Å². The quantitative estimate of drug-likeness (QED) is 0.867. The molecule has 1 heterocycles. The molecule has 4 nitrogen and oxygen atoms in total. The molecule has 2 aromatic carbocycles. The van der Waals surface area contributed by atoms with Crippen molar-refractivity contribution in [3.63, 3.8) is 0 Å².